The standard InChI is InChI=1S/C16H12BrFN2O/c1-9-2-4-10(5-3-9)14-15(20-21-16(14)19)11-6-7-13(18)12(17)8-11/h2-8H,19H2,1H3. The van der Waals surface area contributed by atoms with Crippen molar-refractivity contribution in [2.45, 2.75) is 6.92 Å². The molecule has 0 aliphatic carbocycles. The van der Waals surface area contributed by atoms with E-state index in [0.29, 0.717) is 15.7 Å². The van der Waals surface area contributed by atoms with Crippen molar-refractivity contribution in [1.29, 1.82) is 0 Å². The number of nitrogens with two attached hydrogens (primary N) is 1. The van der Waals surface area contributed by atoms with Gasteiger partial charge in [0.25, 0.3) is 0 Å². The third kappa shape index (κ3) is 2.56. The third-order valence-corrected chi connectivity index (χ3v) is 3.86. The van der Waals surface area contributed by atoms with Crippen molar-refractivity contribution < 1.29 is 8.91 Å². The van der Waals surface area contributed by atoms with E-state index in [9.17, 15) is 4.39 Å². The molecule has 3 rings (SSSR count). The smallest absolute Gasteiger partial charge is 0.230 e. The molecule has 0 atom stereocenters. The summed E-state index contributed by atoms with van der Waals surface area (Å²) >= 11 is 3.18. The Bertz CT molecular complexity index is 797. The van der Waals surface area contributed by atoms with Crippen molar-refractivity contribution in [3.8, 4) is 22.4 Å². The number of benzene rings is 2. The van der Waals surface area contributed by atoms with Crippen LogP contribution in [0.2, 0.25) is 0 Å². The number of hydrogen-bond acceptors (Lipinski definition) is 3. The summed E-state index contributed by atoms with van der Waals surface area (Å²) in [5, 5.41) is 4.01. The lowest BCUT2D eigenvalue weighted by Gasteiger charge is -2.04. The fraction of sp³-hybridized carbons (Fsp3) is 0.0625. The van der Waals surface area contributed by atoms with Gasteiger partial charge in [0.05, 0.1) is 10.0 Å². The Morgan fingerprint density at radius 1 is 1.10 bits per heavy atom. The van der Waals surface area contributed by atoms with E-state index in [1.54, 1.807) is 12.1 Å². The van der Waals surface area contributed by atoms with Crippen LogP contribution in [-0.4, -0.2) is 5.16 Å². The fourth-order valence-electron chi connectivity index (χ4n) is 2.14. The molecule has 0 unspecified atom stereocenters. The number of nitrogens with zero attached hydrogens (tertiary/aromatic N) is 1. The van der Waals surface area contributed by atoms with Gasteiger partial charge in [0.2, 0.25) is 5.88 Å². The molecule has 0 amide bonds. The Morgan fingerprint density at radius 2 is 1.76 bits per heavy atom. The van der Waals surface area contributed by atoms with E-state index in [4.69, 9.17) is 10.3 Å². The highest BCUT2D eigenvalue weighted by atomic mass is 79.9. The van der Waals surface area contributed by atoms with E-state index in [1.165, 1.54) is 6.07 Å². The van der Waals surface area contributed by atoms with Gasteiger partial charge in [0.15, 0.2) is 0 Å². The highest BCUT2D eigenvalue weighted by molar-refractivity contribution is 9.10. The molecule has 1 aromatic heterocycles. The van der Waals surface area contributed by atoms with Crippen molar-refractivity contribution in [1.82, 2.24) is 5.16 Å². The number of aromatic nitrogens is 1. The Morgan fingerprint density at radius 3 is 2.43 bits per heavy atom. The second kappa shape index (κ2) is 5.33. The Labute approximate surface area is 129 Å². The van der Waals surface area contributed by atoms with Crippen LogP contribution in [0.15, 0.2) is 51.5 Å². The molecule has 106 valence electrons. The zero-order valence-corrected chi connectivity index (χ0v) is 12.8. The van der Waals surface area contributed by atoms with Crippen LogP contribution in [0, 0.1) is 12.7 Å². The van der Waals surface area contributed by atoms with Gasteiger partial charge in [-0.2, -0.15) is 0 Å². The first-order chi connectivity index (χ1) is 10.1. The van der Waals surface area contributed by atoms with E-state index >= 15 is 0 Å². The van der Waals surface area contributed by atoms with Crippen molar-refractivity contribution in [3.63, 3.8) is 0 Å². The highest BCUT2D eigenvalue weighted by Gasteiger charge is 2.18. The van der Waals surface area contributed by atoms with Gasteiger partial charge in [-0.15, -0.1) is 0 Å². The van der Waals surface area contributed by atoms with Crippen molar-refractivity contribution in [2.24, 2.45) is 0 Å². The van der Waals surface area contributed by atoms with Crippen LogP contribution >= 0.6 is 15.9 Å². The second-order valence-electron chi connectivity index (χ2n) is 4.77. The molecule has 0 saturated carbocycles. The predicted molar refractivity (Wildman–Crippen MR) is 84.2 cm³/mol. The molecule has 0 bridgehead atoms. The van der Waals surface area contributed by atoms with Gasteiger partial charge in [-0.1, -0.05) is 35.0 Å². The minimum absolute atomic E-state index is 0.245. The van der Waals surface area contributed by atoms with E-state index in [-0.39, 0.29) is 11.7 Å². The van der Waals surface area contributed by atoms with Crippen LogP contribution < -0.4 is 5.73 Å². The monoisotopic (exact) mass is 346 g/mol. The van der Waals surface area contributed by atoms with Gasteiger partial charge in [0, 0.05) is 5.56 Å². The summed E-state index contributed by atoms with van der Waals surface area (Å²) in [5.74, 6) is -0.0820. The van der Waals surface area contributed by atoms with Crippen LogP contribution in [0.4, 0.5) is 10.3 Å². The number of nitrogen functional groups attached to an aromatic ring is 1. The molecule has 0 saturated heterocycles. The second-order valence-corrected chi connectivity index (χ2v) is 5.62. The summed E-state index contributed by atoms with van der Waals surface area (Å²) in [6.45, 7) is 2.01. The molecule has 1 heterocycles. The zero-order valence-electron chi connectivity index (χ0n) is 11.2. The van der Waals surface area contributed by atoms with Gasteiger partial charge >= 0.3 is 0 Å². The lowest BCUT2D eigenvalue weighted by Crippen LogP contribution is -1.89. The topological polar surface area (TPSA) is 52.0 Å². The van der Waals surface area contributed by atoms with Crippen LogP contribution in [0.3, 0.4) is 0 Å². The van der Waals surface area contributed by atoms with Gasteiger partial charge in [-0.25, -0.2) is 4.39 Å². The molecule has 21 heavy (non-hydrogen) atoms. The summed E-state index contributed by atoms with van der Waals surface area (Å²) in [5.41, 5.74) is 10.0. The molecule has 2 N–H and O–H groups in total. The third-order valence-electron chi connectivity index (χ3n) is 3.25. The van der Waals surface area contributed by atoms with Crippen molar-refractivity contribution in [2.75, 3.05) is 5.73 Å². The molecule has 0 spiro atoms. The SMILES string of the molecule is Cc1ccc(-c2c(-c3ccc(F)c(Br)c3)noc2N)cc1. The van der Waals surface area contributed by atoms with Crippen LogP contribution in [0.5, 0.6) is 0 Å². The molecule has 0 aliphatic rings. The zero-order chi connectivity index (χ0) is 15.0. The average molecular weight is 347 g/mol. The molecular formula is C16H12BrFN2O. The quantitative estimate of drug-likeness (QED) is 0.724. The number of aryl methyl sites for hydroxylation is 1. The first-order valence-corrected chi connectivity index (χ1v) is 7.13. The molecule has 5 heteroatoms. The summed E-state index contributed by atoms with van der Waals surface area (Å²) in [6.07, 6.45) is 0. The van der Waals surface area contributed by atoms with Crippen molar-refractivity contribution >= 4 is 21.8 Å². The van der Waals surface area contributed by atoms with Crippen LogP contribution in [0.1, 0.15) is 5.56 Å². The molecule has 3 aromatic rings. The number of rotatable bonds is 2. The number of anilines is 1. The molecule has 2 aromatic carbocycles. The molecule has 0 aliphatic heterocycles. The lowest BCUT2D eigenvalue weighted by molar-refractivity contribution is 0.439. The molecule has 0 fully saturated rings. The van der Waals surface area contributed by atoms with E-state index < -0.39 is 0 Å². The van der Waals surface area contributed by atoms with E-state index in [0.717, 1.165) is 16.7 Å². The Kier molecular flexibility index (Phi) is 3.51. The normalized spacial score (nSPS) is 10.8. The van der Waals surface area contributed by atoms with Crippen LogP contribution in [0.25, 0.3) is 22.4 Å². The molecule has 3 nitrogen and oxygen atoms in total. The lowest BCUT2D eigenvalue weighted by atomic mass is 10.00. The van der Waals surface area contributed by atoms with Gasteiger partial charge in [-0.05, 0) is 46.6 Å². The van der Waals surface area contributed by atoms with Crippen LogP contribution in [-0.2, 0) is 0 Å². The molecular weight excluding hydrogens is 335 g/mol. The Hall–Kier alpha value is -2.14. The average Bonchev–Trinajstić information content (AvgIpc) is 2.85. The van der Waals surface area contributed by atoms with Gasteiger partial charge < -0.3 is 10.3 Å². The number of halogens is 2. The first-order valence-electron chi connectivity index (χ1n) is 6.34. The minimum Gasteiger partial charge on any atom is -0.367 e. The maximum Gasteiger partial charge on any atom is 0.230 e. The summed E-state index contributed by atoms with van der Waals surface area (Å²) in [7, 11) is 0. The van der Waals surface area contributed by atoms with E-state index in [2.05, 4.69) is 21.1 Å². The Balaban J connectivity index is 2.16. The van der Waals surface area contributed by atoms with Gasteiger partial charge in [0.1, 0.15) is 11.5 Å². The highest BCUT2D eigenvalue weighted by Crippen LogP contribution is 2.37. The van der Waals surface area contributed by atoms with Crippen molar-refractivity contribution in [3.05, 3.63) is 58.3 Å². The maximum atomic E-state index is 13.4. The predicted octanol–water partition coefficient (Wildman–Crippen LogP) is 4.80. The summed E-state index contributed by atoms with van der Waals surface area (Å²) in [4.78, 5) is 0. The van der Waals surface area contributed by atoms with Gasteiger partial charge in [-0.3, -0.25) is 0 Å². The maximum absolute atomic E-state index is 13.4. The fourth-order valence-corrected chi connectivity index (χ4v) is 2.52. The first kappa shape index (κ1) is 13.8. The minimum atomic E-state index is -0.327. The summed E-state index contributed by atoms with van der Waals surface area (Å²) < 4.78 is 18.9. The molecule has 0 radical (unpaired) electrons. The van der Waals surface area contributed by atoms with E-state index in [1.807, 2.05) is 31.2 Å². The largest absolute Gasteiger partial charge is 0.367 e. The number of hydrogen-bond donors (Lipinski definition) is 1. The summed E-state index contributed by atoms with van der Waals surface area (Å²) in [6, 6.07) is 12.6.